The van der Waals surface area contributed by atoms with Gasteiger partial charge in [-0.1, -0.05) is 29.8 Å². The summed E-state index contributed by atoms with van der Waals surface area (Å²) in [6.07, 6.45) is 0. The first-order valence-corrected chi connectivity index (χ1v) is 10.2. The Labute approximate surface area is 166 Å². The van der Waals surface area contributed by atoms with Gasteiger partial charge in [-0.15, -0.1) is 0 Å². The zero-order valence-electron chi connectivity index (χ0n) is 14.7. The van der Waals surface area contributed by atoms with Gasteiger partial charge in [0.1, 0.15) is 11.3 Å². The monoisotopic (exact) mass is 414 g/mol. The van der Waals surface area contributed by atoms with Crippen LogP contribution in [0.4, 0.5) is 5.69 Å². The minimum atomic E-state index is -3.77. The summed E-state index contributed by atoms with van der Waals surface area (Å²) in [5.41, 5.74) is 2.08. The van der Waals surface area contributed by atoms with E-state index < -0.39 is 10.0 Å². The number of benzene rings is 3. The molecule has 3 aromatic carbocycles. The number of nitrogens with one attached hydrogen (secondary N) is 1. The van der Waals surface area contributed by atoms with E-state index in [0.717, 1.165) is 0 Å². The summed E-state index contributed by atoms with van der Waals surface area (Å²) in [5, 5.41) is 11.0. The van der Waals surface area contributed by atoms with Crippen LogP contribution in [-0.2, 0) is 10.0 Å². The van der Waals surface area contributed by atoms with Crippen molar-refractivity contribution in [2.24, 2.45) is 0 Å². The predicted molar refractivity (Wildman–Crippen MR) is 108 cm³/mol. The fraction of sp³-hybridized carbons (Fsp3) is 0.0500. The largest absolute Gasteiger partial charge is 0.507 e. The average Bonchev–Trinajstić information content (AvgIpc) is 3.08. The van der Waals surface area contributed by atoms with Gasteiger partial charge < -0.3 is 9.52 Å². The molecule has 4 aromatic rings. The number of phenolic OH excluding ortho intramolecular Hbond substituents is 1. The maximum atomic E-state index is 12.6. The average molecular weight is 415 g/mol. The van der Waals surface area contributed by atoms with Crippen LogP contribution in [0.25, 0.3) is 22.6 Å². The second kappa shape index (κ2) is 6.85. The number of rotatable bonds is 4. The van der Waals surface area contributed by atoms with Crippen molar-refractivity contribution < 1.29 is 17.9 Å². The number of hydrogen-bond donors (Lipinski definition) is 2. The summed E-state index contributed by atoms with van der Waals surface area (Å²) in [5.74, 6) is 0.124. The summed E-state index contributed by atoms with van der Waals surface area (Å²) in [7, 11) is -3.77. The lowest BCUT2D eigenvalue weighted by Gasteiger charge is -2.11. The van der Waals surface area contributed by atoms with Crippen LogP contribution in [0.15, 0.2) is 70.0 Å². The van der Waals surface area contributed by atoms with Gasteiger partial charge in [-0.3, -0.25) is 4.72 Å². The molecule has 0 unspecified atom stereocenters. The van der Waals surface area contributed by atoms with Crippen molar-refractivity contribution in [1.29, 1.82) is 0 Å². The highest BCUT2D eigenvalue weighted by Gasteiger charge is 2.19. The minimum absolute atomic E-state index is 0.0414. The highest BCUT2D eigenvalue weighted by Crippen LogP contribution is 2.36. The van der Waals surface area contributed by atoms with Crippen molar-refractivity contribution in [2.75, 3.05) is 4.72 Å². The van der Waals surface area contributed by atoms with E-state index in [9.17, 15) is 13.5 Å². The van der Waals surface area contributed by atoms with E-state index in [1.165, 1.54) is 18.2 Å². The van der Waals surface area contributed by atoms with E-state index in [1.54, 1.807) is 49.4 Å². The van der Waals surface area contributed by atoms with Crippen molar-refractivity contribution in [3.63, 3.8) is 0 Å². The van der Waals surface area contributed by atoms with Crippen LogP contribution < -0.4 is 4.72 Å². The molecule has 0 spiro atoms. The molecule has 0 atom stereocenters. The summed E-state index contributed by atoms with van der Waals surface area (Å²) in [6, 6.07) is 16.1. The van der Waals surface area contributed by atoms with Gasteiger partial charge in [-0.25, -0.2) is 13.4 Å². The van der Waals surface area contributed by atoms with Crippen molar-refractivity contribution >= 4 is 38.4 Å². The molecule has 0 bridgehead atoms. The van der Waals surface area contributed by atoms with Gasteiger partial charge >= 0.3 is 0 Å². The number of aromatic hydroxyl groups is 1. The molecule has 0 amide bonds. The lowest BCUT2D eigenvalue weighted by Crippen LogP contribution is -2.13. The maximum absolute atomic E-state index is 12.6. The van der Waals surface area contributed by atoms with E-state index in [0.29, 0.717) is 21.7 Å². The fourth-order valence-electron chi connectivity index (χ4n) is 2.83. The molecule has 4 rings (SSSR count). The molecule has 2 N–H and O–H groups in total. The molecule has 8 heteroatoms. The molecule has 6 nitrogen and oxygen atoms in total. The van der Waals surface area contributed by atoms with Crippen molar-refractivity contribution in [1.82, 2.24) is 4.98 Å². The molecule has 0 aliphatic heterocycles. The zero-order chi connectivity index (χ0) is 19.9. The lowest BCUT2D eigenvalue weighted by atomic mass is 10.1. The van der Waals surface area contributed by atoms with E-state index >= 15 is 0 Å². The van der Waals surface area contributed by atoms with Crippen LogP contribution in [0.2, 0.25) is 5.02 Å². The fourth-order valence-corrected chi connectivity index (χ4v) is 4.06. The zero-order valence-corrected chi connectivity index (χ0v) is 16.3. The summed E-state index contributed by atoms with van der Waals surface area (Å²) >= 11 is 5.98. The van der Waals surface area contributed by atoms with Gasteiger partial charge in [-0.2, -0.15) is 0 Å². The Morgan fingerprint density at radius 1 is 1.07 bits per heavy atom. The lowest BCUT2D eigenvalue weighted by molar-refractivity contribution is 0.470. The smallest absolute Gasteiger partial charge is 0.261 e. The van der Waals surface area contributed by atoms with Crippen molar-refractivity contribution in [2.45, 2.75) is 11.8 Å². The molecule has 0 saturated carbocycles. The van der Waals surface area contributed by atoms with Gasteiger partial charge in [0.2, 0.25) is 5.89 Å². The molecule has 0 aliphatic carbocycles. The van der Waals surface area contributed by atoms with Crippen LogP contribution in [0.3, 0.4) is 0 Å². The third-order valence-electron chi connectivity index (χ3n) is 4.19. The maximum Gasteiger partial charge on any atom is 0.261 e. The highest BCUT2D eigenvalue weighted by molar-refractivity contribution is 7.92. The standard InChI is InChI=1S/C20H15ClN2O4S/c1-12-9-14(23-28(25,26)15-5-3-2-4-6-15)11-16(19(12)24)20-22-17-10-13(21)7-8-18(17)27-20/h2-11,23-24H,1H3. The Kier molecular flexibility index (Phi) is 4.49. The Morgan fingerprint density at radius 2 is 1.82 bits per heavy atom. The van der Waals surface area contributed by atoms with Crippen LogP contribution in [0.5, 0.6) is 5.75 Å². The van der Waals surface area contributed by atoms with Crippen LogP contribution in [0, 0.1) is 6.92 Å². The number of fused-ring (bicyclic) bond motifs is 1. The van der Waals surface area contributed by atoms with Crippen LogP contribution in [-0.4, -0.2) is 18.5 Å². The Hall–Kier alpha value is -3.03. The SMILES string of the molecule is Cc1cc(NS(=O)(=O)c2ccccc2)cc(-c2nc3cc(Cl)ccc3o2)c1O. The number of aromatic nitrogens is 1. The van der Waals surface area contributed by atoms with Gasteiger partial charge in [0.25, 0.3) is 10.0 Å². The Bertz CT molecular complexity index is 1280. The predicted octanol–water partition coefficient (Wildman–Crippen LogP) is 4.96. The van der Waals surface area contributed by atoms with E-state index in [2.05, 4.69) is 9.71 Å². The molecular formula is C20H15ClN2O4S. The van der Waals surface area contributed by atoms with Gasteiger partial charge in [0.05, 0.1) is 16.1 Å². The molecule has 1 heterocycles. The number of sulfonamides is 1. The van der Waals surface area contributed by atoms with Crippen LogP contribution in [0.1, 0.15) is 5.56 Å². The van der Waals surface area contributed by atoms with Gasteiger partial charge in [0.15, 0.2) is 5.58 Å². The minimum Gasteiger partial charge on any atom is -0.507 e. The number of nitrogens with zero attached hydrogens (tertiary/aromatic N) is 1. The highest BCUT2D eigenvalue weighted by atomic mass is 35.5. The van der Waals surface area contributed by atoms with Gasteiger partial charge in [-0.05, 0) is 55.0 Å². The number of anilines is 1. The summed E-state index contributed by atoms with van der Waals surface area (Å²) < 4.78 is 33.4. The quantitative estimate of drug-likeness (QED) is 0.460. The number of hydrogen-bond acceptors (Lipinski definition) is 5. The molecule has 0 fully saturated rings. The van der Waals surface area contributed by atoms with Crippen molar-refractivity contribution in [3.05, 3.63) is 71.2 Å². The molecule has 142 valence electrons. The third-order valence-corrected chi connectivity index (χ3v) is 5.82. The third kappa shape index (κ3) is 3.42. The second-order valence-electron chi connectivity index (χ2n) is 6.24. The molecule has 0 radical (unpaired) electrons. The van der Waals surface area contributed by atoms with Gasteiger partial charge in [0, 0.05) is 5.02 Å². The Morgan fingerprint density at radius 3 is 2.57 bits per heavy atom. The number of halogens is 1. The normalized spacial score (nSPS) is 11.6. The first kappa shape index (κ1) is 18.3. The van der Waals surface area contributed by atoms with E-state index in [-0.39, 0.29) is 27.8 Å². The first-order chi connectivity index (χ1) is 13.3. The Balaban J connectivity index is 1.78. The summed E-state index contributed by atoms with van der Waals surface area (Å²) in [4.78, 5) is 4.49. The van der Waals surface area contributed by atoms with Crippen molar-refractivity contribution in [3.8, 4) is 17.2 Å². The topological polar surface area (TPSA) is 92.4 Å². The van der Waals surface area contributed by atoms with E-state index in [1.807, 2.05) is 0 Å². The number of oxazole rings is 1. The number of phenols is 1. The van der Waals surface area contributed by atoms with Crippen LogP contribution >= 0.6 is 11.6 Å². The number of aryl methyl sites for hydroxylation is 1. The second-order valence-corrected chi connectivity index (χ2v) is 8.36. The molecule has 28 heavy (non-hydrogen) atoms. The molecular weight excluding hydrogens is 400 g/mol. The molecule has 1 aromatic heterocycles. The molecule has 0 aliphatic rings. The summed E-state index contributed by atoms with van der Waals surface area (Å²) in [6.45, 7) is 1.67. The molecule has 0 saturated heterocycles. The first-order valence-electron chi connectivity index (χ1n) is 8.31. The van der Waals surface area contributed by atoms with E-state index in [4.69, 9.17) is 16.0 Å².